The van der Waals surface area contributed by atoms with Crippen molar-refractivity contribution in [2.45, 2.75) is 6.92 Å². The van der Waals surface area contributed by atoms with Gasteiger partial charge in [0.05, 0.1) is 0 Å². The van der Waals surface area contributed by atoms with Crippen molar-refractivity contribution in [1.82, 2.24) is 14.9 Å². The fourth-order valence-electron chi connectivity index (χ4n) is 1.89. The monoisotopic (exact) mass is 221 g/mol. The van der Waals surface area contributed by atoms with Crippen LogP contribution in [0.1, 0.15) is 5.56 Å². The molecular formula is C11H19N5. The number of nitrogens with one attached hydrogen (secondary N) is 1. The van der Waals surface area contributed by atoms with E-state index < -0.39 is 0 Å². The summed E-state index contributed by atoms with van der Waals surface area (Å²) in [7, 11) is 4.00. The third kappa shape index (κ3) is 2.24. The molecule has 0 aliphatic carbocycles. The van der Waals surface area contributed by atoms with Crippen LogP contribution in [-0.4, -0.2) is 55.1 Å². The first-order valence-electron chi connectivity index (χ1n) is 5.65. The summed E-state index contributed by atoms with van der Waals surface area (Å²) >= 11 is 0. The molecule has 5 heteroatoms. The Bertz CT molecular complexity index is 357. The van der Waals surface area contributed by atoms with E-state index in [9.17, 15) is 0 Å². The van der Waals surface area contributed by atoms with Gasteiger partial charge in [0.25, 0.3) is 0 Å². The molecule has 1 N–H and O–H groups in total. The van der Waals surface area contributed by atoms with Crippen molar-refractivity contribution in [1.29, 1.82) is 0 Å². The van der Waals surface area contributed by atoms with Gasteiger partial charge in [-0.2, -0.15) is 4.98 Å². The lowest BCUT2D eigenvalue weighted by Crippen LogP contribution is -2.45. The number of aryl methyl sites for hydroxylation is 1. The van der Waals surface area contributed by atoms with Crippen LogP contribution in [0.4, 0.5) is 11.8 Å². The highest BCUT2D eigenvalue weighted by atomic mass is 15.3. The number of hydrogen-bond acceptors (Lipinski definition) is 5. The number of likely N-dealkylation sites (N-methyl/N-ethyl adjacent to an activating group) is 1. The molecule has 0 saturated carbocycles. The first-order valence-corrected chi connectivity index (χ1v) is 5.65. The molecule has 1 aliphatic rings. The van der Waals surface area contributed by atoms with E-state index in [0.29, 0.717) is 5.95 Å². The average Bonchev–Trinajstić information content (AvgIpc) is 2.31. The number of rotatable bonds is 2. The third-order valence-corrected chi connectivity index (χ3v) is 2.97. The zero-order valence-electron chi connectivity index (χ0n) is 10.2. The molecule has 16 heavy (non-hydrogen) atoms. The summed E-state index contributed by atoms with van der Waals surface area (Å²) in [6.45, 7) is 6.33. The highest BCUT2D eigenvalue weighted by Crippen LogP contribution is 2.18. The third-order valence-electron chi connectivity index (χ3n) is 2.97. The smallest absolute Gasteiger partial charge is 0.224 e. The number of aromatic nitrogens is 2. The Morgan fingerprint density at radius 2 is 1.94 bits per heavy atom. The second-order valence-corrected chi connectivity index (χ2v) is 4.24. The highest BCUT2D eigenvalue weighted by Gasteiger charge is 2.17. The zero-order chi connectivity index (χ0) is 11.5. The maximum atomic E-state index is 4.52. The van der Waals surface area contributed by atoms with Crippen LogP contribution in [0.2, 0.25) is 0 Å². The number of hydrogen-bond donors (Lipinski definition) is 1. The summed E-state index contributed by atoms with van der Waals surface area (Å²) in [5.41, 5.74) is 1.14. The summed E-state index contributed by atoms with van der Waals surface area (Å²) in [6.07, 6.45) is 1.88. The molecule has 0 amide bonds. The van der Waals surface area contributed by atoms with Gasteiger partial charge in [-0.25, -0.2) is 4.98 Å². The summed E-state index contributed by atoms with van der Waals surface area (Å²) in [5.74, 6) is 1.76. The van der Waals surface area contributed by atoms with Gasteiger partial charge >= 0.3 is 0 Å². The molecular weight excluding hydrogens is 202 g/mol. The second kappa shape index (κ2) is 4.65. The van der Waals surface area contributed by atoms with Gasteiger partial charge in [-0.15, -0.1) is 0 Å². The predicted molar refractivity (Wildman–Crippen MR) is 66.0 cm³/mol. The molecule has 1 saturated heterocycles. The van der Waals surface area contributed by atoms with Crippen molar-refractivity contribution < 1.29 is 0 Å². The SMILES string of the molecule is CNc1ncc(C)c(N2CCN(C)CC2)n1. The Labute approximate surface area is 96.5 Å². The maximum Gasteiger partial charge on any atom is 0.224 e. The number of nitrogens with zero attached hydrogens (tertiary/aromatic N) is 4. The van der Waals surface area contributed by atoms with Crippen molar-refractivity contribution in [3.8, 4) is 0 Å². The average molecular weight is 221 g/mol. The molecule has 0 atom stereocenters. The van der Waals surface area contributed by atoms with Crippen molar-refractivity contribution in [3.05, 3.63) is 11.8 Å². The van der Waals surface area contributed by atoms with E-state index in [0.717, 1.165) is 37.6 Å². The van der Waals surface area contributed by atoms with Crippen LogP contribution < -0.4 is 10.2 Å². The van der Waals surface area contributed by atoms with Gasteiger partial charge in [-0.1, -0.05) is 0 Å². The van der Waals surface area contributed by atoms with Crippen LogP contribution in [-0.2, 0) is 0 Å². The highest BCUT2D eigenvalue weighted by molar-refractivity contribution is 5.49. The van der Waals surface area contributed by atoms with Crippen LogP contribution in [0.25, 0.3) is 0 Å². The van der Waals surface area contributed by atoms with Gasteiger partial charge in [0.15, 0.2) is 0 Å². The van der Waals surface area contributed by atoms with Crippen LogP contribution in [0.15, 0.2) is 6.20 Å². The minimum absolute atomic E-state index is 0.694. The first-order chi connectivity index (χ1) is 7.70. The Kier molecular flexibility index (Phi) is 3.24. The van der Waals surface area contributed by atoms with E-state index in [1.807, 2.05) is 13.2 Å². The Morgan fingerprint density at radius 1 is 1.25 bits per heavy atom. The molecule has 0 unspecified atom stereocenters. The fraction of sp³-hybridized carbons (Fsp3) is 0.636. The van der Waals surface area contributed by atoms with Gasteiger partial charge in [0.2, 0.25) is 5.95 Å². The number of anilines is 2. The van der Waals surface area contributed by atoms with E-state index in [-0.39, 0.29) is 0 Å². The molecule has 88 valence electrons. The van der Waals surface area contributed by atoms with Crippen LogP contribution in [0, 0.1) is 6.92 Å². The van der Waals surface area contributed by atoms with E-state index >= 15 is 0 Å². The minimum atomic E-state index is 0.694. The minimum Gasteiger partial charge on any atom is -0.357 e. The Balaban J connectivity index is 2.19. The molecule has 2 rings (SSSR count). The summed E-state index contributed by atoms with van der Waals surface area (Å²) in [6, 6.07) is 0. The Hall–Kier alpha value is -1.36. The molecule has 1 aromatic rings. The van der Waals surface area contributed by atoms with E-state index in [4.69, 9.17) is 0 Å². The molecule has 1 aromatic heterocycles. The second-order valence-electron chi connectivity index (χ2n) is 4.24. The van der Waals surface area contributed by atoms with Gasteiger partial charge in [-0.3, -0.25) is 0 Å². The molecule has 1 aliphatic heterocycles. The molecule has 5 nitrogen and oxygen atoms in total. The maximum absolute atomic E-state index is 4.52. The van der Waals surface area contributed by atoms with Crippen molar-refractivity contribution >= 4 is 11.8 Å². The first kappa shape index (κ1) is 11.1. The van der Waals surface area contributed by atoms with Gasteiger partial charge in [-0.05, 0) is 14.0 Å². The van der Waals surface area contributed by atoms with Crippen LogP contribution in [0.3, 0.4) is 0 Å². The lowest BCUT2D eigenvalue weighted by Gasteiger charge is -2.33. The normalized spacial score (nSPS) is 17.6. The largest absolute Gasteiger partial charge is 0.357 e. The zero-order valence-corrected chi connectivity index (χ0v) is 10.2. The molecule has 2 heterocycles. The lowest BCUT2D eigenvalue weighted by molar-refractivity contribution is 0.312. The summed E-state index contributed by atoms with van der Waals surface area (Å²) in [4.78, 5) is 13.4. The number of piperazine rings is 1. The molecule has 0 bridgehead atoms. The quantitative estimate of drug-likeness (QED) is 0.791. The molecule has 0 aromatic carbocycles. The van der Waals surface area contributed by atoms with E-state index in [1.54, 1.807) is 0 Å². The summed E-state index contributed by atoms with van der Waals surface area (Å²) < 4.78 is 0. The van der Waals surface area contributed by atoms with Crippen molar-refractivity contribution in [2.75, 3.05) is 50.5 Å². The summed E-state index contributed by atoms with van der Waals surface area (Å²) in [5, 5.41) is 2.98. The fourth-order valence-corrected chi connectivity index (χ4v) is 1.89. The lowest BCUT2D eigenvalue weighted by atomic mass is 10.2. The van der Waals surface area contributed by atoms with Gasteiger partial charge < -0.3 is 15.1 Å². The van der Waals surface area contributed by atoms with E-state index in [1.165, 1.54) is 0 Å². The molecule has 1 fully saturated rings. The Morgan fingerprint density at radius 3 is 2.56 bits per heavy atom. The van der Waals surface area contributed by atoms with E-state index in [2.05, 4.69) is 39.1 Å². The van der Waals surface area contributed by atoms with Gasteiger partial charge in [0, 0.05) is 45.0 Å². The molecule has 0 spiro atoms. The van der Waals surface area contributed by atoms with Crippen LogP contribution >= 0.6 is 0 Å². The van der Waals surface area contributed by atoms with Crippen LogP contribution in [0.5, 0.6) is 0 Å². The van der Waals surface area contributed by atoms with Crippen molar-refractivity contribution in [3.63, 3.8) is 0 Å². The predicted octanol–water partition coefficient (Wildman–Crippen LogP) is 0.579. The van der Waals surface area contributed by atoms with Crippen molar-refractivity contribution in [2.24, 2.45) is 0 Å². The topological polar surface area (TPSA) is 44.3 Å². The van der Waals surface area contributed by atoms with Gasteiger partial charge in [0.1, 0.15) is 5.82 Å². The standard InChI is InChI=1S/C11H19N5/c1-9-8-13-11(12-2)14-10(9)16-6-4-15(3)5-7-16/h8H,4-7H2,1-3H3,(H,12,13,14). The molecule has 0 radical (unpaired) electrons.